The number of carbonyl (C=O) groups excluding carboxylic acids is 1. The van der Waals surface area contributed by atoms with Crippen LogP contribution in [0.2, 0.25) is 0 Å². The van der Waals surface area contributed by atoms with E-state index in [1.807, 2.05) is 32.0 Å². The molecule has 17 heavy (non-hydrogen) atoms. The number of fused-ring (bicyclic) bond motifs is 1. The van der Waals surface area contributed by atoms with Gasteiger partial charge in [0.15, 0.2) is 11.5 Å². The number of ether oxygens (including phenoxy) is 2. The zero-order chi connectivity index (χ0) is 12.3. The van der Waals surface area contributed by atoms with Crippen molar-refractivity contribution in [3.63, 3.8) is 0 Å². The van der Waals surface area contributed by atoms with Gasteiger partial charge in [0.05, 0.1) is 0 Å². The van der Waals surface area contributed by atoms with Crippen LogP contribution in [0.3, 0.4) is 0 Å². The lowest BCUT2D eigenvalue weighted by atomic mass is 9.94. The topological polar surface area (TPSA) is 35.5 Å². The summed E-state index contributed by atoms with van der Waals surface area (Å²) in [6, 6.07) is 5.76. The molecular formula is C14H18O3. The molecule has 0 saturated heterocycles. The first-order chi connectivity index (χ1) is 8.22. The summed E-state index contributed by atoms with van der Waals surface area (Å²) in [5.74, 6) is 1.75. The molecular weight excluding hydrogens is 216 g/mol. The molecule has 0 saturated carbocycles. The second kappa shape index (κ2) is 5.21. The molecule has 0 amide bonds. The van der Waals surface area contributed by atoms with Gasteiger partial charge in [-0.1, -0.05) is 19.9 Å². The van der Waals surface area contributed by atoms with Gasteiger partial charge in [-0.05, 0) is 24.1 Å². The lowest BCUT2D eigenvalue weighted by Crippen LogP contribution is -2.16. The Hall–Kier alpha value is -1.51. The number of hydrogen-bond acceptors (Lipinski definition) is 3. The third kappa shape index (κ3) is 2.60. The number of ketones is 1. The van der Waals surface area contributed by atoms with E-state index in [0.29, 0.717) is 19.6 Å². The quantitative estimate of drug-likeness (QED) is 0.803. The summed E-state index contributed by atoms with van der Waals surface area (Å²) in [6.07, 6.45) is 1.53. The van der Waals surface area contributed by atoms with E-state index >= 15 is 0 Å². The first-order valence-electron chi connectivity index (χ1n) is 6.14. The Kier molecular flexibility index (Phi) is 3.67. The molecule has 0 aliphatic carbocycles. The molecule has 1 atom stereocenters. The average molecular weight is 234 g/mol. The van der Waals surface area contributed by atoms with E-state index in [9.17, 15) is 4.79 Å². The molecule has 0 N–H and O–H groups in total. The van der Waals surface area contributed by atoms with Gasteiger partial charge >= 0.3 is 0 Å². The highest BCUT2D eigenvalue weighted by Crippen LogP contribution is 2.33. The standard InChI is InChI=1S/C14H18O3/c1-3-4-12(15)10(2)11-5-6-13-14(9-11)17-8-7-16-13/h5-6,9-10H,3-4,7-8H2,1-2H3. The Bertz CT molecular complexity index is 412. The van der Waals surface area contributed by atoms with E-state index in [1.165, 1.54) is 0 Å². The predicted molar refractivity (Wildman–Crippen MR) is 65.8 cm³/mol. The van der Waals surface area contributed by atoms with Crippen molar-refractivity contribution in [1.82, 2.24) is 0 Å². The smallest absolute Gasteiger partial charge is 0.161 e. The molecule has 1 aliphatic heterocycles. The van der Waals surface area contributed by atoms with E-state index in [2.05, 4.69) is 0 Å². The Labute approximate surface area is 102 Å². The largest absolute Gasteiger partial charge is 0.486 e. The maximum Gasteiger partial charge on any atom is 0.161 e. The molecule has 2 rings (SSSR count). The molecule has 1 unspecified atom stereocenters. The third-order valence-corrected chi connectivity index (χ3v) is 3.05. The average Bonchev–Trinajstić information content (AvgIpc) is 2.37. The minimum absolute atomic E-state index is 0.0641. The molecule has 1 aromatic carbocycles. The van der Waals surface area contributed by atoms with Crippen LogP contribution in [0.15, 0.2) is 18.2 Å². The zero-order valence-electron chi connectivity index (χ0n) is 10.4. The maximum atomic E-state index is 11.8. The number of rotatable bonds is 4. The second-order valence-corrected chi connectivity index (χ2v) is 4.34. The second-order valence-electron chi connectivity index (χ2n) is 4.34. The molecule has 3 heteroatoms. The summed E-state index contributed by atoms with van der Waals surface area (Å²) in [6.45, 7) is 5.14. The third-order valence-electron chi connectivity index (χ3n) is 3.05. The molecule has 0 fully saturated rings. The highest BCUT2D eigenvalue weighted by Gasteiger charge is 2.18. The van der Waals surface area contributed by atoms with Crippen molar-refractivity contribution in [3.05, 3.63) is 23.8 Å². The molecule has 1 heterocycles. The first-order valence-corrected chi connectivity index (χ1v) is 6.14. The summed E-state index contributed by atoms with van der Waals surface area (Å²) < 4.78 is 11.0. The summed E-state index contributed by atoms with van der Waals surface area (Å²) in [5.41, 5.74) is 1.01. The summed E-state index contributed by atoms with van der Waals surface area (Å²) >= 11 is 0. The zero-order valence-corrected chi connectivity index (χ0v) is 10.4. The lowest BCUT2D eigenvalue weighted by molar-refractivity contribution is -0.120. The van der Waals surface area contributed by atoms with E-state index in [-0.39, 0.29) is 11.7 Å². The number of Topliss-reactive ketones (excluding diaryl/α,β-unsaturated/α-hetero) is 1. The normalized spacial score (nSPS) is 15.4. The van der Waals surface area contributed by atoms with Crippen molar-refractivity contribution in [3.8, 4) is 11.5 Å². The molecule has 3 nitrogen and oxygen atoms in total. The number of benzene rings is 1. The van der Waals surface area contributed by atoms with E-state index in [0.717, 1.165) is 23.5 Å². The summed E-state index contributed by atoms with van der Waals surface area (Å²) in [5, 5.41) is 0. The van der Waals surface area contributed by atoms with Crippen molar-refractivity contribution in [1.29, 1.82) is 0 Å². The van der Waals surface area contributed by atoms with Crippen LogP contribution in [-0.4, -0.2) is 19.0 Å². The molecule has 0 aromatic heterocycles. The van der Waals surface area contributed by atoms with Gasteiger partial charge in [0.2, 0.25) is 0 Å². The lowest BCUT2D eigenvalue weighted by Gasteiger charge is -2.20. The summed E-state index contributed by atoms with van der Waals surface area (Å²) in [4.78, 5) is 11.8. The van der Waals surface area contributed by atoms with Crippen LogP contribution in [0.25, 0.3) is 0 Å². The minimum Gasteiger partial charge on any atom is -0.486 e. The van der Waals surface area contributed by atoms with Crippen LogP contribution >= 0.6 is 0 Å². The molecule has 0 spiro atoms. The van der Waals surface area contributed by atoms with Crippen molar-refractivity contribution in [2.24, 2.45) is 0 Å². The van der Waals surface area contributed by atoms with Crippen molar-refractivity contribution in [2.75, 3.05) is 13.2 Å². The van der Waals surface area contributed by atoms with Crippen LogP contribution in [0.1, 0.15) is 38.2 Å². The molecule has 1 aromatic rings. The van der Waals surface area contributed by atoms with E-state index in [1.54, 1.807) is 0 Å². The van der Waals surface area contributed by atoms with Gasteiger partial charge < -0.3 is 9.47 Å². The molecule has 0 bridgehead atoms. The van der Waals surface area contributed by atoms with Crippen LogP contribution in [0.4, 0.5) is 0 Å². The van der Waals surface area contributed by atoms with Crippen LogP contribution in [0, 0.1) is 0 Å². The maximum absolute atomic E-state index is 11.8. The Morgan fingerprint density at radius 3 is 2.71 bits per heavy atom. The number of carbonyl (C=O) groups is 1. The Morgan fingerprint density at radius 2 is 2.00 bits per heavy atom. The fourth-order valence-corrected chi connectivity index (χ4v) is 1.98. The highest BCUT2D eigenvalue weighted by molar-refractivity contribution is 5.85. The van der Waals surface area contributed by atoms with Gasteiger partial charge in [-0.25, -0.2) is 0 Å². The van der Waals surface area contributed by atoms with Crippen molar-refractivity contribution < 1.29 is 14.3 Å². The monoisotopic (exact) mass is 234 g/mol. The minimum atomic E-state index is -0.0641. The van der Waals surface area contributed by atoms with Gasteiger partial charge in [0.25, 0.3) is 0 Å². The van der Waals surface area contributed by atoms with Crippen molar-refractivity contribution >= 4 is 5.78 Å². The fourth-order valence-electron chi connectivity index (χ4n) is 1.98. The molecule has 92 valence electrons. The van der Waals surface area contributed by atoms with Gasteiger partial charge in [0, 0.05) is 12.3 Å². The Balaban J connectivity index is 2.18. The van der Waals surface area contributed by atoms with E-state index in [4.69, 9.17) is 9.47 Å². The summed E-state index contributed by atoms with van der Waals surface area (Å²) in [7, 11) is 0. The molecule has 0 radical (unpaired) electrons. The SMILES string of the molecule is CCCC(=O)C(C)c1ccc2c(c1)OCCO2. The predicted octanol–water partition coefficient (Wildman–Crippen LogP) is 2.93. The van der Waals surface area contributed by atoms with Crippen LogP contribution in [-0.2, 0) is 4.79 Å². The Morgan fingerprint density at radius 1 is 1.29 bits per heavy atom. The van der Waals surface area contributed by atoms with E-state index < -0.39 is 0 Å². The van der Waals surface area contributed by atoms with Gasteiger partial charge in [-0.2, -0.15) is 0 Å². The van der Waals surface area contributed by atoms with Gasteiger partial charge in [-0.15, -0.1) is 0 Å². The van der Waals surface area contributed by atoms with Crippen LogP contribution in [0.5, 0.6) is 11.5 Å². The van der Waals surface area contributed by atoms with Crippen LogP contribution < -0.4 is 9.47 Å². The van der Waals surface area contributed by atoms with Crippen molar-refractivity contribution in [2.45, 2.75) is 32.6 Å². The molecule has 1 aliphatic rings. The number of hydrogen-bond donors (Lipinski definition) is 0. The van der Waals surface area contributed by atoms with Gasteiger partial charge in [0.1, 0.15) is 19.0 Å². The highest BCUT2D eigenvalue weighted by atomic mass is 16.6. The first kappa shape index (κ1) is 12.0. The van der Waals surface area contributed by atoms with Gasteiger partial charge in [-0.3, -0.25) is 4.79 Å². The fraction of sp³-hybridized carbons (Fsp3) is 0.500.